The average Bonchev–Trinajstić information content (AvgIpc) is 2.64. The van der Waals surface area contributed by atoms with Gasteiger partial charge in [-0.05, 0) is 18.1 Å². The summed E-state index contributed by atoms with van der Waals surface area (Å²) >= 11 is 0. The Kier molecular flexibility index (Phi) is 2.18. The maximum Gasteiger partial charge on any atom is 0.226 e. The maximum atomic E-state index is 5.69. The number of hydrogen-bond acceptors (Lipinski definition) is 3. The standard InChI is InChI=1S/C10H12N4/c1-2-8-5-3-4-6-9(8)14-7-12-13-10(14)11/h3-7H,2H2,1H3,(H2,11,13). The number of aryl methyl sites for hydroxylation is 1. The van der Waals surface area contributed by atoms with E-state index in [4.69, 9.17) is 5.73 Å². The van der Waals surface area contributed by atoms with Gasteiger partial charge in [0.25, 0.3) is 0 Å². The minimum absolute atomic E-state index is 0.422. The van der Waals surface area contributed by atoms with E-state index in [1.165, 1.54) is 5.56 Å². The number of nitrogens with zero attached hydrogens (tertiary/aromatic N) is 3. The molecule has 2 N–H and O–H groups in total. The van der Waals surface area contributed by atoms with Gasteiger partial charge < -0.3 is 5.73 Å². The van der Waals surface area contributed by atoms with Gasteiger partial charge in [-0.2, -0.15) is 0 Å². The Labute approximate surface area is 82.4 Å². The van der Waals surface area contributed by atoms with E-state index in [-0.39, 0.29) is 0 Å². The fraction of sp³-hybridized carbons (Fsp3) is 0.200. The number of hydrogen-bond donors (Lipinski definition) is 1. The van der Waals surface area contributed by atoms with Crippen molar-refractivity contribution in [3.63, 3.8) is 0 Å². The summed E-state index contributed by atoms with van der Waals surface area (Å²) in [6, 6.07) is 8.09. The molecule has 0 bridgehead atoms. The summed E-state index contributed by atoms with van der Waals surface area (Å²) in [5.74, 6) is 0.422. The first-order valence-corrected chi connectivity index (χ1v) is 4.56. The van der Waals surface area contributed by atoms with Gasteiger partial charge in [0.15, 0.2) is 0 Å². The van der Waals surface area contributed by atoms with Crippen LogP contribution < -0.4 is 5.73 Å². The molecule has 72 valence electrons. The fourth-order valence-electron chi connectivity index (χ4n) is 1.47. The van der Waals surface area contributed by atoms with Crippen LogP contribution in [-0.2, 0) is 6.42 Å². The topological polar surface area (TPSA) is 56.7 Å². The second-order valence-corrected chi connectivity index (χ2v) is 3.04. The Bertz CT molecular complexity index is 433. The lowest BCUT2D eigenvalue weighted by Crippen LogP contribution is -2.02. The van der Waals surface area contributed by atoms with E-state index in [0.29, 0.717) is 5.95 Å². The molecule has 4 heteroatoms. The van der Waals surface area contributed by atoms with Crippen molar-refractivity contribution in [3.05, 3.63) is 36.2 Å². The van der Waals surface area contributed by atoms with Crippen LogP contribution in [0, 0.1) is 0 Å². The lowest BCUT2D eigenvalue weighted by atomic mass is 10.1. The first-order chi connectivity index (χ1) is 6.83. The smallest absolute Gasteiger partial charge is 0.226 e. The van der Waals surface area contributed by atoms with Gasteiger partial charge in [-0.3, -0.25) is 4.57 Å². The fourth-order valence-corrected chi connectivity index (χ4v) is 1.47. The predicted molar refractivity (Wildman–Crippen MR) is 55.1 cm³/mol. The van der Waals surface area contributed by atoms with Crippen molar-refractivity contribution in [1.82, 2.24) is 14.8 Å². The van der Waals surface area contributed by atoms with Crippen LogP contribution in [0.5, 0.6) is 0 Å². The van der Waals surface area contributed by atoms with Crippen LogP contribution in [0.4, 0.5) is 5.95 Å². The SMILES string of the molecule is CCc1ccccc1-n1cnnc1N. The molecule has 0 radical (unpaired) electrons. The molecule has 0 unspecified atom stereocenters. The van der Waals surface area contributed by atoms with Gasteiger partial charge in [0.1, 0.15) is 6.33 Å². The molecule has 1 heterocycles. The number of para-hydroxylation sites is 1. The van der Waals surface area contributed by atoms with Crippen LogP contribution in [0.25, 0.3) is 5.69 Å². The third kappa shape index (κ3) is 1.35. The Morgan fingerprint density at radius 3 is 2.79 bits per heavy atom. The maximum absolute atomic E-state index is 5.69. The van der Waals surface area contributed by atoms with E-state index in [0.717, 1.165) is 12.1 Å². The zero-order valence-electron chi connectivity index (χ0n) is 8.01. The molecule has 2 rings (SSSR count). The molecular formula is C10H12N4. The van der Waals surface area contributed by atoms with E-state index in [1.807, 2.05) is 18.2 Å². The third-order valence-electron chi connectivity index (χ3n) is 2.21. The van der Waals surface area contributed by atoms with Crippen LogP contribution in [0.15, 0.2) is 30.6 Å². The number of anilines is 1. The summed E-state index contributed by atoms with van der Waals surface area (Å²) in [6.45, 7) is 2.11. The Balaban J connectivity index is 2.56. The Morgan fingerprint density at radius 2 is 2.14 bits per heavy atom. The van der Waals surface area contributed by atoms with Gasteiger partial charge >= 0.3 is 0 Å². The lowest BCUT2D eigenvalue weighted by molar-refractivity contribution is 1.01. The van der Waals surface area contributed by atoms with E-state index in [2.05, 4.69) is 23.2 Å². The molecule has 0 aliphatic carbocycles. The van der Waals surface area contributed by atoms with E-state index >= 15 is 0 Å². The molecule has 2 aromatic rings. The van der Waals surface area contributed by atoms with E-state index < -0.39 is 0 Å². The van der Waals surface area contributed by atoms with Gasteiger partial charge in [0, 0.05) is 0 Å². The number of aromatic nitrogens is 3. The van der Waals surface area contributed by atoms with Crippen molar-refractivity contribution in [2.75, 3.05) is 5.73 Å². The van der Waals surface area contributed by atoms with Crippen molar-refractivity contribution in [2.45, 2.75) is 13.3 Å². The van der Waals surface area contributed by atoms with Crippen LogP contribution in [0.2, 0.25) is 0 Å². The highest BCUT2D eigenvalue weighted by Gasteiger charge is 2.05. The van der Waals surface area contributed by atoms with Crippen molar-refractivity contribution in [3.8, 4) is 5.69 Å². The molecule has 1 aromatic carbocycles. The van der Waals surface area contributed by atoms with Gasteiger partial charge in [0.05, 0.1) is 5.69 Å². The second kappa shape index (κ2) is 3.49. The Morgan fingerprint density at radius 1 is 1.36 bits per heavy atom. The summed E-state index contributed by atoms with van der Waals surface area (Å²) in [5, 5.41) is 7.52. The lowest BCUT2D eigenvalue weighted by Gasteiger charge is -2.08. The molecule has 0 spiro atoms. The molecule has 0 amide bonds. The molecule has 0 saturated heterocycles. The molecule has 0 fully saturated rings. The summed E-state index contributed by atoms with van der Waals surface area (Å²) in [6.07, 6.45) is 2.59. The molecule has 0 atom stereocenters. The zero-order valence-corrected chi connectivity index (χ0v) is 8.01. The molecule has 4 nitrogen and oxygen atoms in total. The Hall–Kier alpha value is -1.84. The number of rotatable bonds is 2. The molecular weight excluding hydrogens is 176 g/mol. The van der Waals surface area contributed by atoms with Gasteiger partial charge in [0.2, 0.25) is 5.95 Å². The van der Waals surface area contributed by atoms with Crippen LogP contribution in [-0.4, -0.2) is 14.8 Å². The van der Waals surface area contributed by atoms with Crippen molar-refractivity contribution in [2.24, 2.45) is 0 Å². The summed E-state index contributed by atoms with van der Waals surface area (Å²) in [5.41, 5.74) is 7.97. The molecule has 0 saturated carbocycles. The summed E-state index contributed by atoms with van der Waals surface area (Å²) < 4.78 is 1.79. The minimum Gasteiger partial charge on any atom is -0.368 e. The number of benzene rings is 1. The van der Waals surface area contributed by atoms with E-state index in [9.17, 15) is 0 Å². The van der Waals surface area contributed by atoms with Crippen LogP contribution in [0.1, 0.15) is 12.5 Å². The van der Waals surface area contributed by atoms with Gasteiger partial charge in [-0.15, -0.1) is 10.2 Å². The van der Waals surface area contributed by atoms with Crippen LogP contribution in [0.3, 0.4) is 0 Å². The number of nitrogen functional groups attached to an aromatic ring is 1. The first-order valence-electron chi connectivity index (χ1n) is 4.56. The predicted octanol–water partition coefficient (Wildman–Crippen LogP) is 1.41. The monoisotopic (exact) mass is 188 g/mol. The summed E-state index contributed by atoms with van der Waals surface area (Å²) in [7, 11) is 0. The molecule has 0 aliphatic heterocycles. The highest BCUT2D eigenvalue weighted by Crippen LogP contribution is 2.16. The second-order valence-electron chi connectivity index (χ2n) is 3.04. The van der Waals surface area contributed by atoms with Crippen molar-refractivity contribution < 1.29 is 0 Å². The van der Waals surface area contributed by atoms with Crippen molar-refractivity contribution >= 4 is 5.95 Å². The van der Waals surface area contributed by atoms with Crippen LogP contribution >= 0.6 is 0 Å². The largest absolute Gasteiger partial charge is 0.368 e. The normalized spacial score (nSPS) is 10.4. The van der Waals surface area contributed by atoms with Gasteiger partial charge in [-0.25, -0.2) is 0 Å². The number of nitrogens with two attached hydrogens (primary N) is 1. The molecule has 0 aliphatic rings. The summed E-state index contributed by atoms with van der Waals surface area (Å²) in [4.78, 5) is 0. The highest BCUT2D eigenvalue weighted by molar-refractivity contribution is 5.44. The average molecular weight is 188 g/mol. The molecule has 1 aromatic heterocycles. The zero-order chi connectivity index (χ0) is 9.97. The van der Waals surface area contributed by atoms with Gasteiger partial charge in [-0.1, -0.05) is 25.1 Å². The van der Waals surface area contributed by atoms with E-state index in [1.54, 1.807) is 10.9 Å². The quantitative estimate of drug-likeness (QED) is 0.775. The first kappa shape index (κ1) is 8.74. The third-order valence-corrected chi connectivity index (χ3v) is 2.21. The molecule has 14 heavy (non-hydrogen) atoms. The van der Waals surface area contributed by atoms with Crippen molar-refractivity contribution in [1.29, 1.82) is 0 Å². The highest BCUT2D eigenvalue weighted by atomic mass is 15.3. The minimum atomic E-state index is 0.422.